The van der Waals surface area contributed by atoms with E-state index in [-0.39, 0.29) is 12.3 Å². The van der Waals surface area contributed by atoms with Crippen molar-refractivity contribution in [3.05, 3.63) is 70.4 Å². The molecule has 1 aromatic heterocycles. The van der Waals surface area contributed by atoms with Crippen molar-refractivity contribution in [3.63, 3.8) is 0 Å². The first-order chi connectivity index (χ1) is 17.0. The Bertz CT molecular complexity index is 1270. The Morgan fingerprint density at radius 2 is 2.03 bits per heavy atom. The van der Waals surface area contributed by atoms with E-state index in [1.54, 1.807) is 7.11 Å². The van der Waals surface area contributed by atoms with Crippen LogP contribution in [-0.4, -0.2) is 36.4 Å². The van der Waals surface area contributed by atoms with E-state index in [0.29, 0.717) is 25.0 Å². The van der Waals surface area contributed by atoms with Crippen molar-refractivity contribution < 1.29 is 24.1 Å². The van der Waals surface area contributed by atoms with Gasteiger partial charge in [0.15, 0.2) is 0 Å². The molecule has 2 heterocycles. The molecule has 6 nitrogen and oxygen atoms in total. The highest BCUT2D eigenvalue weighted by Gasteiger charge is 2.28. The zero-order valence-electron chi connectivity index (χ0n) is 20.5. The third kappa shape index (κ3) is 4.45. The maximum atomic E-state index is 11.1. The zero-order valence-corrected chi connectivity index (χ0v) is 20.5. The first-order valence-corrected chi connectivity index (χ1v) is 12.2. The van der Waals surface area contributed by atoms with Crippen LogP contribution < -0.4 is 14.2 Å². The second kappa shape index (κ2) is 9.61. The Kier molecular flexibility index (Phi) is 6.37. The van der Waals surface area contributed by atoms with Gasteiger partial charge in [0.25, 0.3) is 0 Å². The molecule has 0 fully saturated rings. The minimum Gasteiger partial charge on any atom is -0.493 e. The molecule has 2 aliphatic rings. The Morgan fingerprint density at radius 1 is 1.17 bits per heavy atom. The highest BCUT2D eigenvalue weighted by atomic mass is 16.5. The van der Waals surface area contributed by atoms with Crippen LogP contribution in [0.5, 0.6) is 17.4 Å². The monoisotopic (exact) mass is 473 g/mol. The molecule has 0 saturated carbocycles. The van der Waals surface area contributed by atoms with E-state index in [1.807, 2.05) is 24.4 Å². The van der Waals surface area contributed by atoms with Gasteiger partial charge in [-0.1, -0.05) is 24.3 Å². The summed E-state index contributed by atoms with van der Waals surface area (Å²) < 4.78 is 17.3. The fourth-order valence-corrected chi connectivity index (χ4v) is 5.66. The minimum atomic E-state index is -0.805. The predicted molar refractivity (Wildman–Crippen MR) is 134 cm³/mol. The lowest BCUT2D eigenvalue weighted by atomic mass is 9.90. The molecule has 1 aliphatic carbocycles. The largest absolute Gasteiger partial charge is 0.493 e. The topological polar surface area (TPSA) is 77.9 Å². The van der Waals surface area contributed by atoms with E-state index in [4.69, 9.17) is 19.3 Å². The molecule has 1 aliphatic heterocycles. The van der Waals surface area contributed by atoms with Crippen LogP contribution in [0.15, 0.2) is 42.6 Å². The van der Waals surface area contributed by atoms with Crippen molar-refractivity contribution >= 4 is 5.97 Å². The number of carbonyl (C=O) groups is 1. The maximum absolute atomic E-state index is 11.1. The van der Waals surface area contributed by atoms with Gasteiger partial charge in [0.1, 0.15) is 11.5 Å². The molecule has 5 rings (SSSR count). The predicted octanol–water partition coefficient (Wildman–Crippen LogP) is 5.82. The number of methoxy groups -OCH3 is 1. The average Bonchev–Trinajstić information content (AvgIpc) is 3.43. The molecule has 0 bridgehead atoms. The number of carboxylic acid groups (broad SMARTS) is 1. The van der Waals surface area contributed by atoms with Gasteiger partial charge in [-0.3, -0.25) is 4.79 Å². The number of pyridine rings is 1. The maximum Gasteiger partial charge on any atom is 0.304 e. The van der Waals surface area contributed by atoms with Gasteiger partial charge in [0.05, 0.1) is 26.7 Å². The van der Waals surface area contributed by atoms with Crippen LogP contribution in [0.1, 0.15) is 58.9 Å². The Balaban J connectivity index is 1.28. The summed E-state index contributed by atoms with van der Waals surface area (Å²) in [5.41, 5.74) is 8.54. The molecular formula is C29H31NO5. The van der Waals surface area contributed by atoms with Crippen molar-refractivity contribution in [1.82, 2.24) is 4.98 Å². The number of benzene rings is 2. The fraction of sp³-hybridized carbons (Fsp3) is 0.379. The molecule has 35 heavy (non-hydrogen) atoms. The number of aryl methyl sites for hydroxylation is 1. The normalized spacial score (nSPS) is 18.0. The zero-order chi connectivity index (χ0) is 24.5. The second-order valence-corrected chi connectivity index (χ2v) is 9.50. The molecule has 0 spiro atoms. The van der Waals surface area contributed by atoms with Crippen LogP contribution in [0.4, 0.5) is 0 Å². The fourth-order valence-electron chi connectivity index (χ4n) is 5.66. The number of rotatable bonds is 8. The highest BCUT2D eigenvalue weighted by Crippen LogP contribution is 2.43. The Morgan fingerprint density at radius 3 is 2.83 bits per heavy atom. The summed E-state index contributed by atoms with van der Waals surface area (Å²) in [5.74, 6) is 1.75. The van der Waals surface area contributed by atoms with Crippen molar-refractivity contribution in [3.8, 4) is 28.5 Å². The molecule has 6 heteroatoms. The molecule has 0 radical (unpaired) electrons. The van der Waals surface area contributed by atoms with Crippen LogP contribution in [0.25, 0.3) is 11.1 Å². The van der Waals surface area contributed by atoms with Gasteiger partial charge in [-0.2, -0.15) is 0 Å². The van der Waals surface area contributed by atoms with Crippen LogP contribution in [-0.2, 0) is 11.2 Å². The highest BCUT2D eigenvalue weighted by molar-refractivity contribution is 5.76. The Hall–Kier alpha value is -3.54. The number of ether oxygens (including phenoxy) is 3. The van der Waals surface area contributed by atoms with E-state index >= 15 is 0 Å². The average molecular weight is 474 g/mol. The van der Waals surface area contributed by atoms with Crippen molar-refractivity contribution in [2.45, 2.75) is 51.4 Å². The van der Waals surface area contributed by atoms with Crippen molar-refractivity contribution in [1.29, 1.82) is 0 Å². The number of hydrogen-bond acceptors (Lipinski definition) is 5. The number of nitrogens with zero attached hydrogens (tertiary/aromatic N) is 1. The lowest BCUT2D eigenvalue weighted by molar-refractivity contribution is -0.137. The Labute approximate surface area is 205 Å². The van der Waals surface area contributed by atoms with Gasteiger partial charge in [-0.25, -0.2) is 4.98 Å². The summed E-state index contributed by atoms with van der Waals surface area (Å²) in [6, 6.07) is 12.4. The smallest absolute Gasteiger partial charge is 0.304 e. The van der Waals surface area contributed by atoms with Crippen LogP contribution in [0.2, 0.25) is 0 Å². The molecule has 182 valence electrons. The second-order valence-electron chi connectivity index (χ2n) is 9.50. The van der Waals surface area contributed by atoms with Gasteiger partial charge < -0.3 is 19.3 Å². The molecule has 0 amide bonds. The standard InChI is InChI=1S/C29H31NO5/c1-17-15-30-29(33-3)18(2)28(17)25-6-4-5-22-19(7-9-24(22)25)11-12-34-21-8-10-23-20(13-27(31)32)16-35-26(23)14-21/h4-6,8,10,14-15,19-20H,7,9,11-13,16H2,1-3H3,(H,31,32). The van der Waals surface area contributed by atoms with Crippen molar-refractivity contribution in [2.75, 3.05) is 20.3 Å². The van der Waals surface area contributed by atoms with Crippen LogP contribution in [0.3, 0.4) is 0 Å². The molecule has 0 saturated heterocycles. The lowest BCUT2D eigenvalue weighted by Gasteiger charge is -2.17. The van der Waals surface area contributed by atoms with Gasteiger partial charge in [0, 0.05) is 29.3 Å². The van der Waals surface area contributed by atoms with Crippen LogP contribution >= 0.6 is 0 Å². The first kappa shape index (κ1) is 23.2. The van der Waals surface area contributed by atoms with E-state index < -0.39 is 5.97 Å². The SMILES string of the molecule is COc1ncc(C)c(-c2cccc3c2CCC3CCOc2ccc3c(c2)OCC3CC(=O)O)c1C. The van der Waals surface area contributed by atoms with Gasteiger partial charge >= 0.3 is 5.97 Å². The summed E-state index contributed by atoms with van der Waals surface area (Å²) in [5, 5.41) is 9.09. The van der Waals surface area contributed by atoms with E-state index in [9.17, 15) is 4.79 Å². The number of fused-ring (bicyclic) bond motifs is 2. The minimum absolute atomic E-state index is 0.0849. The molecule has 2 aromatic carbocycles. The summed E-state index contributed by atoms with van der Waals surface area (Å²) in [6.45, 7) is 5.22. The lowest BCUT2D eigenvalue weighted by Crippen LogP contribution is -2.07. The third-order valence-corrected chi connectivity index (χ3v) is 7.34. The van der Waals surface area contributed by atoms with Crippen LogP contribution in [0, 0.1) is 13.8 Å². The van der Waals surface area contributed by atoms with E-state index in [1.165, 1.54) is 22.3 Å². The van der Waals surface area contributed by atoms with Gasteiger partial charge in [0.2, 0.25) is 5.88 Å². The number of aromatic nitrogens is 1. The summed E-state index contributed by atoms with van der Waals surface area (Å²) in [6.07, 6.45) is 5.08. The summed E-state index contributed by atoms with van der Waals surface area (Å²) in [7, 11) is 1.67. The number of hydrogen-bond donors (Lipinski definition) is 1. The van der Waals surface area contributed by atoms with Gasteiger partial charge in [-0.15, -0.1) is 0 Å². The molecule has 2 unspecified atom stereocenters. The van der Waals surface area contributed by atoms with Crippen molar-refractivity contribution in [2.24, 2.45) is 0 Å². The quantitative estimate of drug-likeness (QED) is 0.444. The van der Waals surface area contributed by atoms with E-state index in [0.717, 1.165) is 47.5 Å². The molecule has 1 N–H and O–H groups in total. The number of carboxylic acids is 1. The molecule has 3 aromatic rings. The molecular weight excluding hydrogens is 442 g/mol. The van der Waals surface area contributed by atoms with Gasteiger partial charge in [-0.05, 0) is 72.9 Å². The first-order valence-electron chi connectivity index (χ1n) is 12.2. The van der Waals surface area contributed by atoms with E-state index in [2.05, 4.69) is 37.0 Å². The summed E-state index contributed by atoms with van der Waals surface area (Å²) >= 11 is 0. The third-order valence-electron chi connectivity index (χ3n) is 7.34. The number of aliphatic carboxylic acids is 1. The molecule has 2 atom stereocenters. The summed E-state index contributed by atoms with van der Waals surface area (Å²) in [4.78, 5) is 15.5.